The van der Waals surface area contributed by atoms with Crippen molar-refractivity contribution in [3.05, 3.63) is 65.2 Å². The Labute approximate surface area is 203 Å². The molecule has 2 aliphatic rings. The normalized spacial score (nSPS) is 21.2. The molecule has 7 nitrogen and oxygen atoms in total. The summed E-state index contributed by atoms with van der Waals surface area (Å²) in [4.78, 5) is 15.6. The maximum Gasteiger partial charge on any atom is 0.251 e. The molecular formula is C26H35N3O4S. The van der Waals surface area contributed by atoms with Gasteiger partial charge in [0.1, 0.15) is 0 Å². The number of hydrogen-bond donors (Lipinski definition) is 1. The van der Waals surface area contributed by atoms with E-state index in [1.54, 1.807) is 22.5 Å². The second kappa shape index (κ2) is 11.0. The lowest BCUT2D eigenvalue weighted by atomic mass is 10.0. The summed E-state index contributed by atoms with van der Waals surface area (Å²) in [7, 11) is -3.63. The van der Waals surface area contributed by atoms with Crippen LogP contribution in [0.1, 0.15) is 53.7 Å². The number of aryl methyl sites for hydroxylation is 1. The molecule has 2 aromatic rings. The van der Waals surface area contributed by atoms with Crippen LogP contribution < -0.4 is 5.32 Å². The predicted molar refractivity (Wildman–Crippen MR) is 132 cm³/mol. The topological polar surface area (TPSA) is 79.0 Å². The van der Waals surface area contributed by atoms with Crippen molar-refractivity contribution in [2.24, 2.45) is 0 Å². The number of nitrogens with one attached hydrogen (secondary N) is 1. The molecule has 0 bridgehead atoms. The largest absolute Gasteiger partial charge is 0.379 e. The second-order valence-corrected chi connectivity index (χ2v) is 11.2. The lowest BCUT2D eigenvalue weighted by Crippen LogP contribution is -2.44. The van der Waals surface area contributed by atoms with Crippen molar-refractivity contribution in [2.75, 3.05) is 39.4 Å². The highest BCUT2D eigenvalue weighted by Gasteiger charge is 2.31. The molecule has 0 aromatic heterocycles. The Bertz CT molecular complexity index is 1080. The molecule has 0 saturated carbocycles. The van der Waals surface area contributed by atoms with E-state index in [0.29, 0.717) is 31.9 Å². The van der Waals surface area contributed by atoms with Gasteiger partial charge in [0.2, 0.25) is 10.0 Å². The molecule has 184 valence electrons. The van der Waals surface area contributed by atoms with E-state index in [9.17, 15) is 13.2 Å². The number of piperidine rings is 1. The predicted octanol–water partition coefficient (Wildman–Crippen LogP) is 3.36. The Morgan fingerprint density at radius 3 is 2.53 bits per heavy atom. The molecular weight excluding hydrogens is 450 g/mol. The summed E-state index contributed by atoms with van der Waals surface area (Å²) >= 11 is 0. The highest BCUT2D eigenvalue weighted by atomic mass is 32.2. The second-order valence-electron chi connectivity index (χ2n) is 9.27. The molecule has 2 atom stereocenters. The van der Waals surface area contributed by atoms with Crippen molar-refractivity contribution in [1.29, 1.82) is 0 Å². The van der Waals surface area contributed by atoms with Crippen LogP contribution in [0.2, 0.25) is 0 Å². The minimum absolute atomic E-state index is 0.0227. The van der Waals surface area contributed by atoms with E-state index in [1.165, 1.54) is 11.6 Å². The third-order valence-corrected chi connectivity index (χ3v) is 8.86. The van der Waals surface area contributed by atoms with E-state index in [0.717, 1.165) is 37.9 Å². The zero-order valence-corrected chi connectivity index (χ0v) is 20.9. The fraction of sp³-hybridized carbons (Fsp3) is 0.500. The van der Waals surface area contributed by atoms with Crippen molar-refractivity contribution in [1.82, 2.24) is 14.5 Å². The number of amides is 1. The van der Waals surface area contributed by atoms with E-state index >= 15 is 0 Å². The minimum atomic E-state index is -3.63. The molecule has 4 rings (SSSR count). The Kier molecular flexibility index (Phi) is 8.03. The first-order chi connectivity index (χ1) is 16.4. The molecule has 2 unspecified atom stereocenters. The number of nitrogens with zero attached hydrogens (tertiary/aromatic N) is 2. The summed E-state index contributed by atoms with van der Waals surface area (Å²) in [6.45, 7) is 7.91. The number of carbonyl (C=O) groups is 1. The average molecular weight is 486 g/mol. The van der Waals surface area contributed by atoms with Crippen LogP contribution in [0.25, 0.3) is 0 Å². The zero-order valence-electron chi connectivity index (χ0n) is 20.1. The Balaban J connectivity index is 1.49. The summed E-state index contributed by atoms with van der Waals surface area (Å²) < 4.78 is 33.5. The molecule has 2 aliphatic heterocycles. The maximum atomic E-state index is 13.2. The monoisotopic (exact) mass is 485 g/mol. The number of hydrogen-bond acceptors (Lipinski definition) is 5. The van der Waals surface area contributed by atoms with Crippen molar-refractivity contribution in [3.8, 4) is 0 Å². The molecule has 2 fully saturated rings. The van der Waals surface area contributed by atoms with Gasteiger partial charge in [-0.3, -0.25) is 9.69 Å². The number of carbonyl (C=O) groups excluding carboxylic acids is 1. The minimum Gasteiger partial charge on any atom is -0.379 e. The Morgan fingerprint density at radius 1 is 1.09 bits per heavy atom. The van der Waals surface area contributed by atoms with Crippen molar-refractivity contribution in [3.63, 3.8) is 0 Å². The van der Waals surface area contributed by atoms with E-state index < -0.39 is 10.0 Å². The van der Waals surface area contributed by atoms with Gasteiger partial charge in [0.15, 0.2) is 0 Å². The van der Waals surface area contributed by atoms with Gasteiger partial charge >= 0.3 is 0 Å². The van der Waals surface area contributed by atoms with Crippen molar-refractivity contribution < 1.29 is 17.9 Å². The Hall–Kier alpha value is -2.26. The van der Waals surface area contributed by atoms with Gasteiger partial charge in [0.05, 0.1) is 24.2 Å². The van der Waals surface area contributed by atoms with Crippen LogP contribution in [-0.4, -0.2) is 69.0 Å². The highest BCUT2D eigenvalue weighted by Crippen LogP contribution is 2.26. The van der Waals surface area contributed by atoms with Crippen molar-refractivity contribution >= 4 is 15.9 Å². The van der Waals surface area contributed by atoms with Crippen LogP contribution in [-0.2, 0) is 14.8 Å². The first kappa shape index (κ1) is 24.9. The van der Waals surface area contributed by atoms with Gasteiger partial charge in [0.25, 0.3) is 5.91 Å². The third-order valence-electron chi connectivity index (χ3n) is 6.85. The van der Waals surface area contributed by atoms with Gasteiger partial charge in [0, 0.05) is 37.8 Å². The van der Waals surface area contributed by atoms with Crippen LogP contribution in [0, 0.1) is 6.92 Å². The van der Waals surface area contributed by atoms with Crippen LogP contribution >= 0.6 is 0 Å². The van der Waals surface area contributed by atoms with Gasteiger partial charge < -0.3 is 10.1 Å². The summed E-state index contributed by atoms with van der Waals surface area (Å²) in [6.07, 6.45) is 2.77. The molecule has 0 spiro atoms. The molecule has 2 saturated heterocycles. The van der Waals surface area contributed by atoms with Gasteiger partial charge in [-0.05, 0) is 50.5 Å². The molecule has 0 aliphatic carbocycles. The quantitative estimate of drug-likeness (QED) is 0.651. The number of morpholine rings is 1. The number of ether oxygens (including phenoxy) is 1. The SMILES string of the molecule is Cc1ccc(C(CNC(=O)c2cccc(S(=O)(=O)N3CCCCC3C)c2)N2CCOCC2)cc1. The smallest absolute Gasteiger partial charge is 0.251 e. The van der Waals surface area contributed by atoms with Gasteiger partial charge in [-0.25, -0.2) is 8.42 Å². The van der Waals surface area contributed by atoms with Crippen LogP contribution in [0.3, 0.4) is 0 Å². The number of sulfonamides is 1. The molecule has 2 heterocycles. The molecule has 1 amide bonds. The number of benzene rings is 2. The fourth-order valence-corrected chi connectivity index (χ4v) is 6.53. The lowest BCUT2D eigenvalue weighted by Gasteiger charge is -2.35. The molecule has 8 heteroatoms. The Morgan fingerprint density at radius 2 is 1.82 bits per heavy atom. The average Bonchev–Trinajstić information content (AvgIpc) is 2.86. The summed E-state index contributed by atoms with van der Waals surface area (Å²) in [5.74, 6) is -0.269. The lowest BCUT2D eigenvalue weighted by molar-refractivity contribution is 0.0162. The first-order valence-corrected chi connectivity index (χ1v) is 13.6. The van der Waals surface area contributed by atoms with Gasteiger partial charge in [-0.1, -0.05) is 42.3 Å². The molecule has 1 N–H and O–H groups in total. The fourth-order valence-electron chi connectivity index (χ4n) is 4.79. The molecule has 2 aromatic carbocycles. The summed E-state index contributed by atoms with van der Waals surface area (Å²) in [5, 5.41) is 3.05. The van der Waals surface area contributed by atoms with E-state index in [-0.39, 0.29) is 22.9 Å². The number of rotatable bonds is 7. The van der Waals surface area contributed by atoms with E-state index in [1.807, 2.05) is 6.92 Å². The van der Waals surface area contributed by atoms with Gasteiger partial charge in [-0.2, -0.15) is 4.31 Å². The van der Waals surface area contributed by atoms with Crippen LogP contribution in [0.4, 0.5) is 0 Å². The molecule has 0 radical (unpaired) electrons. The zero-order chi connectivity index (χ0) is 24.1. The highest BCUT2D eigenvalue weighted by molar-refractivity contribution is 7.89. The van der Waals surface area contributed by atoms with E-state index in [2.05, 4.69) is 41.4 Å². The third kappa shape index (κ3) is 5.68. The summed E-state index contributed by atoms with van der Waals surface area (Å²) in [5.41, 5.74) is 2.69. The van der Waals surface area contributed by atoms with Gasteiger partial charge in [-0.15, -0.1) is 0 Å². The summed E-state index contributed by atoms with van der Waals surface area (Å²) in [6, 6.07) is 14.8. The first-order valence-electron chi connectivity index (χ1n) is 12.1. The van der Waals surface area contributed by atoms with Crippen molar-refractivity contribution in [2.45, 2.75) is 50.1 Å². The maximum absolute atomic E-state index is 13.2. The standard InChI is InChI=1S/C26H35N3O4S/c1-20-9-11-22(12-10-20)25(28-14-16-33-17-15-28)19-27-26(30)23-7-5-8-24(18-23)34(31,32)29-13-4-3-6-21(29)2/h5,7-12,18,21,25H,3-4,6,13-17,19H2,1-2H3,(H,27,30). The van der Waals surface area contributed by atoms with E-state index in [4.69, 9.17) is 4.74 Å². The van der Waals surface area contributed by atoms with Crippen LogP contribution in [0.15, 0.2) is 53.4 Å². The molecule has 34 heavy (non-hydrogen) atoms. The van der Waals surface area contributed by atoms with Crippen LogP contribution in [0.5, 0.6) is 0 Å².